The van der Waals surface area contributed by atoms with Gasteiger partial charge in [-0.15, -0.1) is 11.3 Å². The first-order valence-corrected chi connectivity index (χ1v) is 16.5. The highest BCUT2D eigenvalue weighted by molar-refractivity contribution is 7.23. The number of nitriles is 1. The van der Waals surface area contributed by atoms with Crippen molar-refractivity contribution < 1.29 is 23.0 Å². The van der Waals surface area contributed by atoms with Crippen LogP contribution in [0.25, 0.3) is 32.1 Å². The third-order valence-electron chi connectivity index (χ3n) is 9.32. The van der Waals surface area contributed by atoms with E-state index >= 15 is 4.39 Å². The molecule has 2 aromatic heterocycles. The molecule has 3 aliphatic heterocycles. The van der Waals surface area contributed by atoms with Gasteiger partial charge in [0.25, 0.3) is 0 Å². The lowest BCUT2D eigenvalue weighted by atomic mass is 9.96. The number of rotatable bonds is 2. The molecule has 14 heteroatoms. The smallest absolute Gasteiger partial charge is 0.319 e. The lowest BCUT2D eigenvalue weighted by molar-refractivity contribution is -0.130. The van der Waals surface area contributed by atoms with Gasteiger partial charge in [-0.05, 0) is 50.9 Å². The SMILES string of the molecule is CN1CCN2CCOc3c(Cl)c(-c4ccc(F)c5sc(N)c(C#N)c45)c(F)c4nc(nc2c34)OC([C@@H]2CCCN2C)CCCC1=O. The van der Waals surface area contributed by atoms with Crippen LogP contribution < -0.4 is 20.1 Å². The van der Waals surface area contributed by atoms with Gasteiger partial charge < -0.3 is 25.0 Å². The zero-order valence-electron chi connectivity index (χ0n) is 25.4. The van der Waals surface area contributed by atoms with E-state index in [1.165, 1.54) is 12.1 Å². The number of nitrogen functional groups attached to an aromatic ring is 1. The van der Waals surface area contributed by atoms with Crippen molar-refractivity contribution in [2.45, 2.75) is 44.2 Å². The molecule has 2 atom stereocenters. The Kier molecular flexibility index (Phi) is 7.99. The van der Waals surface area contributed by atoms with E-state index in [1.807, 2.05) is 18.0 Å². The molecule has 0 spiro atoms. The van der Waals surface area contributed by atoms with E-state index in [9.17, 15) is 14.4 Å². The summed E-state index contributed by atoms with van der Waals surface area (Å²) < 4.78 is 44.9. The summed E-state index contributed by atoms with van der Waals surface area (Å²) in [5.41, 5.74) is 6.18. The average Bonchev–Trinajstić information content (AvgIpc) is 3.56. The van der Waals surface area contributed by atoms with Crippen molar-refractivity contribution in [1.29, 1.82) is 5.26 Å². The van der Waals surface area contributed by atoms with Crippen molar-refractivity contribution in [1.82, 2.24) is 19.8 Å². The Balaban J connectivity index is 1.48. The summed E-state index contributed by atoms with van der Waals surface area (Å²) in [4.78, 5) is 28.4. The number of likely N-dealkylation sites (tertiary alicyclic amines) is 1. The largest absolute Gasteiger partial charge is 0.489 e. The molecule has 7 rings (SSSR count). The van der Waals surface area contributed by atoms with Gasteiger partial charge in [-0.1, -0.05) is 17.7 Å². The van der Waals surface area contributed by atoms with Crippen molar-refractivity contribution in [2.75, 3.05) is 57.5 Å². The summed E-state index contributed by atoms with van der Waals surface area (Å²) in [5, 5.41) is 10.4. The highest BCUT2D eigenvalue weighted by Gasteiger charge is 2.35. The Morgan fingerprint density at radius 2 is 1.93 bits per heavy atom. The third kappa shape index (κ3) is 5.03. The first kappa shape index (κ1) is 30.7. The van der Waals surface area contributed by atoms with Crippen LogP contribution in [0.4, 0.5) is 19.6 Å². The highest BCUT2D eigenvalue weighted by atomic mass is 35.5. The Bertz CT molecular complexity index is 1930. The predicted octanol–water partition coefficient (Wildman–Crippen LogP) is 5.58. The molecule has 0 radical (unpaired) electrons. The van der Waals surface area contributed by atoms with Crippen LogP contribution in [0.3, 0.4) is 0 Å². The molecular weight excluding hydrogens is 636 g/mol. The van der Waals surface area contributed by atoms with E-state index in [1.54, 1.807) is 11.9 Å². The molecule has 10 nitrogen and oxygen atoms in total. The van der Waals surface area contributed by atoms with Gasteiger partial charge in [-0.25, -0.2) is 8.78 Å². The summed E-state index contributed by atoms with van der Waals surface area (Å²) in [6.45, 7) is 2.32. The molecule has 3 aliphatic rings. The Labute approximate surface area is 273 Å². The maximum absolute atomic E-state index is 17.1. The first-order valence-electron chi connectivity index (χ1n) is 15.3. The molecule has 1 amide bonds. The molecule has 2 aromatic carbocycles. The molecule has 2 N–H and O–H groups in total. The van der Waals surface area contributed by atoms with Crippen LogP contribution in [0.15, 0.2) is 12.1 Å². The lowest BCUT2D eigenvalue weighted by Gasteiger charge is -2.29. The van der Waals surface area contributed by atoms with Gasteiger partial charge in [0, 0.05) is 43.5 Å². The third-order valence-corrected chi connectivity index (χ3v) is 10.7. The van der Waals surface area contributed by atoms with Gasteiger partial charge in [0.05, 0.1) is 27.2 Å². The number of hydrogen-bond donors (Lipinski definition) is 1. The van der Waals surface area contributed by atoms with Crippen molar-refractivity contribution in [3.8, 4) is 29.0 Å². The van der Waals surface area contributed by atoms with Gasteiger partial charge >= 0.3 is 6.01 Å². The van der Waals surface area contributed by atoms with Crippen LogP contribution in [0.5, 0.6) is 11.8 Å². The summed E-state index contributed by atoms with van der Waals surface area (Å²) in [6.07, 6.45) is 3.21. The number of hydrogen-bond acceptors (Lipinski definition) is 10. The fourth-order valence-corrected chi connectivity index (χ4v) is 8.17. The van der Waals surface area contributed by atoms with E-state index in [4.69, 9.17) is 31.8 Å². The fraction of sp³-hybridized carbons (Fsp3) is 0.438. The number of carbonyl (C=O) groups excluding carboxylic acids is 1. The molecule has 5 heterocycles. The van der Waals surface area contributed by atoms with Crippen molar-refractivity contribution in [3.63, 3.8) is 0 Å². The zero-order chi connectivity index (χ0) is 32.3. The van der Waals surface area contributed by atoms with E-state index in [0.717, 1.165) is 30.7 Å². The number of nitrogens with zero attached hydrogens (tertiary/aromatic N) is 6. The second-order valence-corrected chi connectivity index (χ2v) is 13.5. The van der Waals surface area contributed by atoms with Gasteiger partial charge in [-0.3, -0.25) is 9.69 Å². The van der Waals surface area contributed by atoms with Gasteiger partial charge in [0.2, 0.25) is 5.91 Å². The maximum Gasteiger partial charge on any atom is 0.319 e. The molecule has 2 bridgehead atoms. The number of ether oxygens (including phenoxy) is 2. The van der Waals surface area contributed by atoms with Crippen LogP contribution >= 0.6 is 22.9 Å². The molecule has 0 aliphatic carbocycles. The first-order chi connectivity index (χ1) is 22.2. The number of aromatic nitrogens is 2. The molecule has 240 valence electrons. The number of thiophene rings is 1. The van der Waals surface area contributed by atoms with Crippen molar-refractivity contribution in [3.05, 3.63) is 34.4 Å². The lowest BCUT2D eigenvalue weighted by Crippen LogP contribution is -2.40. The van der Waals surface area contributed by atoms with Crippen LogP contribution in [0.1, 0.15) is 37.7 Å². The minimum atomic E-state index is -0.782. The standard InChI is InChI=1S/C32H32ClF2N7O3S/c1-40-10-4-5-19(40)20-6-3-7-21(43)41(2)11-12-42-13-14-44-28-24-27(38-32(45-20)39-31(24)42)26(35)23(25(28)33)16-8-9-18(34)29-22(16)17(15-36)30(37)46-29/h8-9,19-20H,3-7,10-14,37H2,1-2H3/t19-,20?/m0/s1. The Hall–Kier alpha value is -3.99. The molecule has 1 fully saturated rings. The Morgan fingerprint density at radius 3 is 2.70 bits per heavy atom. The number of halogens is 3. The van der Waals surface area contributed by atoms with Crippen LogP contribution in [-0.4, -0.2) is 84.7 Å². The summed E-state index contributed by atoms with van der Waals surface area (Å²) in [7, 11) is 3.83. The van der Waals surface area contributed by atoms with E-state index in [2.05, 4.69) is 9.88 Å². The van der Waals surface area contributed by atoms with Crippen LogP contribution in [0.2, 0.25) is 5.02 Å². The number of fused-ring (bicyclic) bond motifs is 2. The second kappa shape index (κ2) is 12.0. The summed E-state index contributed by atoms with van der Waals surface area (Å²) in [5.74, 6) is -0.751. The van der Waals surface area contributed by atoms with Crippen molar-refractivity contribution >= 4 is 60.7 Å². The summed E-state index contributed by atoms with van der Waals surface area (Å²) >= 11 is 7.91. The summed E-state index contributed by atoms with van der Waals surface area (Å²) in [6, 6.07) is 4.73. The van der Waals surface area contributed by atoms with Gasteiger partial charge in [-0.2, -0.15) is 15.2 Å². The quantitative estimate of drug-likeness (QED) is 0.292. The van der Waals surface area contributed by atoms with Crippen LogP contribution in [-0.2, 0) is 4.79 Å². The minimum Gasteiger partial charge on any atom is -0.489 e. The molecule has 1 unspecified atom stereocenters. The van der Waals surface area contributed by atoms with E-state index < -0.39 is 11.6 Å². The predicted molar refractivity (Wildman–Crippen MR) is 174 cm³/mol. The molecular formula is C32H32ClF2N7O3S. The number of carbonyl (C=O) groups is 1. The molecule has 0 saturated carbocycles. The van der Waals surface area contributed by atoms with E-state index in [-0.39, 0.29) is 84.1 Å². The van der Waals surface area contributed by atoms with E-state index in [0.29, 0.717) is 44.7 Å². The monoisotopic (exact) mass is 667 g/mol. The number of likely N-dealkylation sites (N-methyl/N-ethyl adjacent to an activating group) is 2. The number of amides is 1. The van der Waals surface area contributed by atoms with Crippen molar-refractivity contribution in [2.24, 2.45) is 0 Å². The minimum absolute atomic E-state index is 0.0125. The molecule has 4 aromatic rings. The molecule has 1 saturated heterocycles. The second-order valence-electron chi connectivity index (χ2n) is 12.0. The van der Waals surface area contributed by atoms with Gasteiger partial charge in [0.15, 0.2) is 11.6 Å². The maximum atomic E-state index is 17.1. The molecule has 46 heavy (non-hydrogen) atoms. The highest BCUT2D eigenvalue weighted by Crippen LogP contribution is 2.50. The number of nitrogens with two attached hydrogens (primary N) is 1. The topological polar surface area (TPSA) is 121 Å². The fourth-order valence-electron chi connectivity index (χ4n) is 6.89. The average molecular weight is 668 g/mol. The zero-order valence-corrected chi connectivity index (χ0v) is 27.0. The van der Waals surface area contributed by atoms with Crippen LogP contribution in [0, 0.1) is 23.0 Å². The normalized spacial score (nSPS) is 21.0. The van der Waals surface area contributed by atoms with Gasteiger partial charge in [0.1, 0.15) is 40.9 Å². The number of anilines is 2. The number of benzene rings is 2. The Morgan fingerprint density at radius 1 is 1.11 bits per heavy atom.